The Morgan fingerprint density at radius 3 is 2.69 bits per heavy atom. The van der Waals surface area contributed by atoms with Crippen LogP contribution in [-0.4, -0.2) is 35.3 Å². The van der Waals surface area contributed by atoms with Crippen molar-refractivity contribution in [2.75, 3.05) is 10.0 Å². The van der Waals surface area contributed by atoms with Crippen molar-refractivity contribution >= 4 is 40.3 Å². The lowest BCUT2D eigenvalue weighted by Gasteiger charge is -2.22. The molecule has 0 radical (unpaired) electrons. The molecule has 0 spiro atoms. The Balaban J connectivity index is 1.50. The fourth-order valence-electron chi connectivity index (χ4n) is 2.97. The Labute approximate surface area is 191 Å². The van der Waals surface area contributed by atoms with Gasteiger partial charge in [-0.05, 0) is 43.5 Å². The summed E-state index contributed by atoms with van der Waals surface area (Å²) in [6.45, 7) is 1.54. The lowest BCUT2D eigenvalue weighted by Crippen LogP contribution is -2.37. The molecule has 3 aromatic heterocycles. The number of hydrogen-bond donors (Lipinski definition) is 2. The number of aromatic nitrogens is 4. The van der Waals surface area contributed by atoms with Gasteiger partial charge in [-0.25, -0.2) is 23.6 Å². The van der Waals surface area contributed by atoms with Crippen LogP contribution in [0.25, 0.3) is 11.1 Å². The molecule has 4 rings (SSSR count). The first kappa shape index (κ1) is 22.2. The Bertz CT molecular complexity index is 1160. The molecule has 166 valence electrons. The molecule has 32 heavy (non-hydrogen) atoms. The van der Waals surface area contributed by atoms with E-state index in [1.807, 2.05) is 0 Å². The minimum absolute atomic E-state index is 0.0219. The summed E-state index contributed by atoms with van der Waals surface area (Å²) in [5.41, 5.74) is -1.03. The predicted octanol–water partition coefficient (Wildman–Crippen LogP) is 4.04. The number of carbonyl (C=O) groups excluding carboxylic acids is 1. The Hall–Kier alpha value is -2.98. The van der Waals surface area contributed by atoms with E-state index in [0.29, 0.717) is 5.02 Å². The van der Waals surface area contributed by atoms with Crippen molar-refractivity contribution < 1.29 is 13.4 Å². The number of hydrogen-bond acceptors (Lipinski definition) is 6. The highest BCUT2D eigenvalue weighted by molar-refractivity contribution is 7.87. The van der Waals surface area contributed by atoms with Crippen LogP contribution >= 0.6 is 11.6 Å². The number of carbonyl (C=O) groups is 1. The second kappa shape index (κ2) is 9.25. The number of nitrogens with zero attached hydrogens (tertiary/aromatic N) is 4. The molecule has 2 atom stereocenters. The molecule has 1 saturated carbocycles. The predicted molar refractivity (Wildman–Crippen MR) is 121 cm³/mol. The second-order valence-corrected chi connectivity index (χ2v) is 9.20. The third-order valence-corrected chi connectivity index (χ3v) is 6.64. The summed E-state index contributed by atoms with van der Waals surface area (Å²) in [6, 6.07) is 6.36. The average molecular weight is 475 g/mol. The minimum atomic E-state index is -2.42. The standard InChI is InChI=1S/C21H20ClFN6O2S/c1-2-21(23,17-7-8-25-20(27-17)29-32(31)16-4-5-16)19(30)28-18-6-3-13(11-26-18)14-9-15(22)12-24-10-14/h3,6-12,16H,2,4-5H2,1H3,(H,25,27,29)(H,26,28,30). The van der Waals surface area contributed by atoms with Crippen LogP contribution in [0, 0.1) is 0 Å². The molecule has 2 N–H and O–H groups in total. The zero-order valence-corrected chi connectivity index (χ0v) is 18.7. The number of alkyl halides is 1. The zero-order valence-electron chi connectivity index (χ0n) is 17.1. The van der Waals surface area contributed by atoms with Crippen molar-refractivity contribution in [2.24, 2.45) is 0 Å². The monoisotopic (exact) mass is 474 g/mol. The molecule has 0 aliphatic heterocycles. The van der Waals surface area contributed by atoms with E-state index in [2.05, 4.69) is 30.0 Å². The molecule has 1 amide bonds. The molecular formula is C21H20ClFN6O2S. The van der Waals surface area contributed by atoms with Crippen molar-refractivity contribution in [1.82, 2.24) is 19.9 Å². The smallest absolute Gasteiger partial charge is 0.269 e. The van der Waals surface area contributed by atoms with Gasteiger partial charge in [-0.1, -0.05) is 18.5 Å². The van der Waals surface area contributed by atoms with E-state index in [0.717, 1.165) is 24.0 Å². The van der Waals surface area contributed by atoms with Crippen LogP contribution < -0.4 is 10.0 Å². The first-order valence-electron chi connectivity index (χ1n) is 9.97. The van der Waals surface area contributed by atoms with Gasteiger partial charge < -0.3 is 5.32 Å². The van der Waals surface area contributed by atoms with Crippen molar-refractivity contribution in [2.45, 2.75) is 37.1 Å². The summed E-state index contributed by atoms with van der Waals surface area (Å²) in [7, 11) is -1.33. The average Bonchev–Trinajstić information content (AvgIpc) is 3.65. The Morgan fingerprint density at radius 2 is 2.03 bits per heavy atom. The first-order valence-corrected chi connectivity index (χ1v) is 11.6. The number of halogens is 2. The summed E-state index contributed by atoms with van der Waals surface area (Å²) >= 11 is 5.96. The quantitative estimate of drug-likeness (QED) is 0.510. The zero-order chi connectivity index (χ0) is 22.7. The second-order valence-electron chi connectivity index (χ2n) is 7.30. The molecule has 1 fully saturated rings. The Kier molecular flexibility index (Phi) is 6.43. The van der Waals surface area contributed by atoms with Crippen molar-refractivity contribution in [3.05, 3.63) is 59.8 Å². The molecule has 0 saturated heterocycles. The van der Waals surface area contributed by atoms with Crippen molar-refractivity contribution in [1.29, 1.82) is 0 Å². The van der Waals surface area contributed by atoms with Gasteiger partial charge in [-0.2, -0.15) is 0 Å². The van der Waals surface area contributed by atoms with Gasteiger partial charge in [0.25, 0.3) is 5.91 Å². The SMILES string of the molecule is CCC(F)(C(=O)Nc1ccc(-c2cncc(Cl)c2)cn1)c1ccnc(NS(=O)C2CC2)n1. The molecule has 0 aromatic carbocycles. The van der Waals surface area contributed by atoms with Gasteiger partial charge in [0.15, 0.2) is 0 Å². The summed E-state index contributed by atoms with van der Waals surface area (Å²) in [6.07, 6.45) is 7.60. The topological polar surface area (TPSA) is 110 Å². The van der Waals surface area contributed by atoms with Crippen molar-refractivity contribution in [3.63, 3.8) is 0 Å². The summed E-state index contributed by atoms with van der Waals surface area (Å²) < 4.78 is 30.5. The van der Waals surface area contributed by atoms with Gasteiger partial charge in [0.2, 0.25) is 11.6 Å². The number of nitrogens with one attached hydrogen (secondary N) is 2. The molecule has 1 aliphatic rings. The maximum atomic E-state index is 15.8. The lowest BCUT2D eigenvalue weighted by atomic mass is 9.97. The molecule has 2 unspecified atom stereocenters. The summed E-state index contributed by atoms with van der Waals surface area (Å²) in [4.78, 5) is 29.1. The fraction of sp³-hybridized carbons (Fsp3) is 0.286. The van der Waals surface area contributed by atoms with Crippen LogP contribution in [0.2, 0.25) is 5.02 Å². The van der Waals surface area contributed by atoms with Crippen LogP contribution in [-0.2, 0) is 21.4 Å². The van der Waals surface area contributed by atoms with E-state index in [1.54, 1.807) is 31.3 Å². The number of pyridine rings is 2. The van der Waals surface area contributed by atoms with Gasteiger partial charge in [-0.15, -0.1) is 0 Å². The highest BCUT2D eigenvalue weighted by Gasteiger charge is 2.41. The molecule has 3 heterocycles. The number of anilines is 2. The van der Waals surface area contributed by atoms with Crippen LogP contribution in [0.4, 0.5) is 16.2 Å². The molecule has 11 heteroatoms. The van der Waals surface area contributed by atoms with Crippen LogP contribution in [0.15, 0.2) is 49.1 Å². The van der Waals surface area contributed by atoms with E-state index < -0.39 is 22.6 Å². The number of rotatable bonds is 8. The minimum Gasteiger partial charge on any atom is -0.308 e. The fourth-order valence-corrected chi connectivity index (χ4v) is 4.15. The van der Waals surface area contributed by atoms with Crippen molar-refractivity contribution in [3.8, 4) is 11.1 Å². The van der Waals surface area contributed by atoms with Gasteiger partial charge in [0.1, 0.15) is 16.8 Å². The molecule has 1 aliphatic carbocycles. The van der Waals surface area contributed by atoms with E-state index in [-0.39, 0.29) is 29.1 Å². The molecule has 0 bridgehead atoms. The normalized spacial score (nSPS) is 16.1. The van der Waals surface area contributed by atoms with Gasteiger partial charge in [0.05, 0.1) is 16.0 Å². The third kappa shape index (κ3) is 4.91. The van der Waals surface area contributed by atoms with Gasteiger partial charge in [0, 0.05) is 35.9 Å². The largest absolute Gasteiger partial charge is 0.308 e. The highest BCUT2D eigenvalue weighted by Crippen LogP contribution is 2.31. The van der Waals surface area contributed by atoms with Crippen LogP contribution in [0.3, 0.4) is 0 Å². The summed E-state index contributed by atoms with van der Waals surface area (Å²) in [5, 5.41) is 3.05. The van der Waals surface area contributed by atoms with Crippen LogP contribution in [0.1, 0.15) is 31.9 Å². The lowest BCUT2D eigenvalue weighted by molar-refractivity contribution is -0.128. The van der Waals surface area contributed by atoms with E-state index >= 15 is 4.39 Å². The number of amides is 1. The van der Waals surface area contributed by atoms with Gasteiger partial charge >= 0.3 is 0 Å². The molecule has 8 nitrogen and oxygen atoms in total. The molecular weight excluding hydrogens is 455 g/mol. The van der Waals surface area contributed by atoms with Gasteiger partial charge in [-0.3, -0.25) is 14.5 Å². The maximum Gasteiger partial charge on any atom is 0.269 e. The van der Waals surface area contributed by atoms with E-state index in [9.17, 15) is 9.00 Å². The maximum absolute atomic E-state index is 15.8. The summed E-state index contributed by atoms with van der Waals surface area (Å²) in [5.74, 6) is -0.697. The Morgan fingerprint density at radius 1 is 1.22 bits per heavy atom. The van der Waals surface area contributed by atoms with E-state index in [1.165, 1.54) is 24.7 Å². The first-order chi connectivity index (χ1) is 15.4. The highest BCUT2D eigenvalue weighted by atomic mass is 35.5. The van der Waals surface area contributed by atoms with E-state index in [4.69, 9.17) is 11.6 Å². The van der Waals surface area contributed by atoms with Crippen LogP contribution in [0.5, 0.6) is 0 Å². The molecule has 3 aromatic rings. The third-order valence-electron chi connectivity index (χ3n) is 4.97.